The summed E-state index contributed by atoms with van der Waals surface area (Å²) < 4.78 is 9.90. The first-order valence-corrected chi connectivity index (χ1v) is 6.48. The molecule has 5 heteroatoms. The Kier molecular flexibility index (Phi) is 3.63. The molecule has 0 amide bonds. The van der Waals surface area contributed by atoms with Crippen molar-refractivity contribution in [1.82, 2.24) is 9.36 Å². The lowest BCUT2D eigenvalue weighted by Gasteiger charge is -2.11. The quantitative estimate of drug-likeness (QED) is 0.925. The predicted octanol–water partition coefficient (Wildman–Crippen LogP) is 3.12. The van der Waals surface area contributed by atoms with Gasteiger partial charge in [0.25, 0.3) is 5.19 Å². The second-order valence-electron chi connectivity index (χ2n) is 5.04. The molecule has 1 aromatic heterocycles. The van der Waals surface area contributed by atoms with E-state index in [1.807, 2.05) is 24.3 Å². The second kappa shape index (κ2) is 5.04. The molecule has 2 aromatic rings. The molecule has 4 nitrogen and oxygen atoms in total. The fraction of sp³-hybridized carbons (Fsp3) is 0.385. The summed E-state index contributed by atoms with van der Waals surface area (Å²) in [5.41, 5.74) is 0.786. The third-order valence-corrected chi connectivity index (χ3v) is 2.98. The monoisotopic (exact) mass is 264 g/mol. The molecule has 0 spiro atoms. The molecule has 0 aliphatic carbocycles. The van der Waals surface area contributed by atoms with E-state index in [1.165, 1.54) is 11.5 Å². The highest BCUT2D eigenvalue weighted by Crippen LogP contribution is 2.27. The Morgan fingerprint density at radius 1 is 1.22 bits per heavy atom. The Morgan fingerprint density at radius 2 is 1.89 bits per heavy atom. The number of aliphatic hydroxyl groups is 1. The normalized spacial score (nSPS) is 11.6. The van der Waals surface area contributed by atoms with Crippen LogP contribution in [0.3, 0.4) is 0 Å². The zero-order valence-corrected chi connectivity index (χ0v) is 11.5. The van der Waals surface area contributed by atoms with Gasteiger partial charge >= 0.3 is 0 Å². The Labute approximate surface area is 110 Å². The Balaban J connectivity index is 2.11. The third kappa shape index (κ3) is 3.05. The highest BCUT2D eigenvalue weighted by atomic mass is 32.1. The summed E-state index contributed by atoms with van der Waals surface area (Å²) in [4.78, 5) is 4.36. The van der Waals surface area contributed by atoms with Gasteiger partial charge in [-0.05, 0) is 17.7 Å². The second-order valence-corrected chi connectivity index (χ2v) is 5.75. The standard InChI is InChI=1S/C13H16N2O2S/c1-13(2,3)11-14-12(18-15-11)17-10-6-4-9(8-16)5-7-10/h4-7,16H,8H2,1-3H3. The van der Waals surface area contributed by atoms with Crippen LogP contribution in [0.25, 0.3) is 0 Å². The molecular formula is C13H16N2O2S. The average Bonchev–Trinajstić information content (AvgIpc) is 2.78. The van der Waals surface area contributed by atoms with Crippen molar-refractivity contribution in [3.05, 3.63) is 35.7 Å². The topological polar surface area (TPSA) is 55.2 Å². The first-order chi connectivity index (χ1) is 8.49. The fourth-order valence-electron chi connectivity index (χ4n) is 1.32. The lowest BCUT2D eigenvalue weighted by atomic mass is 9.96. The van der Waals surface area contributed by atoms with E-state index in [1.54, 1.807) is 0 Å². The van der Waals surface area contributed by atoms with E-state index in [0.29, 0.717) is 10.9 Å². The van der Waals surface area contributed by atoms with Crippen LogP contribution in [0.2, 0.25) is 0 Å². The Bertz CT molecular complexity index is 515. The maximum Gasteiger partial charge on any atom is 0.298 e. The van der Waals surface area contributed by atoms with Crippen LogP contribution in [0.15, 0.2) is 24.3 Å². The molecule has 0 fully saturated rings. The highest BCUT2D eigenvalue weighted by molar-refractivity contribution is 7.07. The molecule has 96 valence electrons. The molecule has 0 saturated carbocycles. The van der Waals surface area contributed by atoms with Gasteiger partial charge in [-0.15, -0.1) is 0 Å². The van der Waals surface area contributed by atoms with Gasteiger partial charge in [-0.3, -0.25) is 0 Å². The maximum atomic E-state index is 8.95. The first-order valence-electron chi connectivity index (χ1n) is 5.71. The van der Waals surface area contributed by atoms with Gasteiger partial charge in [-0.2, -0.15) is 9.36 Å². The lowest BCUT2D eigenvalue weighted by Crippen LogP contribution is -2.12. The molecule has 1 heterocycles. The summed E-state index contributed by atoms with van der Waals surface area (Å²) in [7, 11) is 0. The minimum Gasteiger partial charge on any atom is -0.430 e. The van der Waals surface area contributed by atoms with Crippen LogP contribution in [0.1, 0.15) is 32.2 Å². The minimum absolute atomic E-state index is 0.0350. The van der Waals surface area contributed by atoms with E-state index in [2.05, 4.69) is 30.1 Å². The van der Waals surface area contributed by atoms with Crippen molar-refractivity contribution in [3.8, 4) is 10.9 Å². The summed E-state index contributed by atoms with van der Waals surface area (Å²) in [6.45, 7) is 6.23. The van der Waals surface area contributed by atoms with Crippen molar-refractivity contribution < 1.29 is 9.84 Å². The summed E-state index contributed by atoms with van der Waals surface area (Å²) >= 11 is 1.25. The number of hydrogen-bond donors (Lipinski definition) is 1. The van der Waals surface area contributed by atoms with Gasteiger partial charge in [0, 0.05) is 16.9 Å². The summed E-state index contributed by atoms with van der Waals surface area (Å²) in [6, 6.07) is 7.26. The molecule has 1 N–H and O–H groups in total. The van der Waals surface area contributed by atoms with E-state index in [4.69, 9.17) is 9.84 Å². The Hall–Kier alpha value is -1.46. The summed E-state index contributed by atoms with van der Waals surface area (Å²) in [5.74, 6) is 1.48. The molecule has 0 aliphatic heterocycles. The number of nitrogens with zero attached hydrogens (tertiary/aromatic N) is 2. The molecule has 0 radical (unpaired) electrons. The largest absolute Gasteiger partial charge is 0.430 e. The third-order valence-electron chi connectivity index (χ3n) is 2.39. The van der Waals surface area contributed by atoms with Crippen LogP contribution in [0, 0.1) is 0 Å². The zero-order valence-electron chi connectivity index (χ0n) is 10.7. The number of ether oxygens (including phenoxy) is 1. The molecule has 2 rings (SSSR count). The van der Waals surface area contributed by atoms with Crippen molar-refractivity contribution in [2.75, 3.05) is 0 Å². The summed E-state index contributed by atoms with van der Waals surface area (Å²) in [5, 5.41) is 9.49. The van der Waals surface area contributed by atoms with Crippen LogP contribution >= 0.6 is 11.5 Å². The van der Waals surface area contributed by atoms with Crippen LogP contribution < -0.4 is 4.74 Å². The van der Waals surface area contributed by atoms with Crippen LogP contribution in [0.4, 0.5) is 0 Å². The minimum atomic E-state index is -0.0706. The molecule has 0 bridgehead atoms. The van der Waals surface area contributed by atoms with E-state index in [-0.39, 0.29) is 12.0 Å². The molecular weight excluding hydrogens is 248 g/mol. The van der Waals surface area contributed by atoms with Crippen LogP contribution in [0.5, 0.6) is 10.9 Å². The smallest absolute Gasteiger partial charge is 0.298 e. The van der Waals surface area contributed by atoms with E-state index >= 15 is 0 Å². The fourth-order valence-corrected chi connectivity index (χ4v) is 2.06. The number of aromatic nitrogens is 2. The van der Waals surface area contributed by atoms with Gasteiger partial charge in [0.1, 0.15) is 5.75 Å². The predicted molar refractivity (Wildman–Crippen MR) is 71.0 cm³/mol. The average molecular weight is 264 g/mol. The molecule has 0 aliphatic rings. The maximum absolute atomic E-state index is 8.95. The zero-order chi connectivity index (χ0) is 13.2. The van der Waals surface area contributed by atoms with Gasteiger partial charge in [-0.1, -0.05) is 32.9 Å². The number of aliphatic hydroxyl groups excluding tert-OH is 1. The summed E-state index contributed by atoms with van der Waals surface area (Å²) in [6.07, 6.45) is 0. The Morgan fingerprint density at radius 3 is 2.39 bits per heavy atom. The van der Waals surface area contributed by atoms with Gasteiger partial charge in [0.15, 0.2) is 5.82 Å². The number of rotatable bonds is 3. The van der Waals surface area contributed by atoms with E-state index < -0.39 is 0 Å². The molecule has 0 saturated heterocycles. The number of hydrogen-bond acceptors (Lipinski definition) is 5. The number of benzene rings is 1. The molecule has 0 atom stereocenters. The van der Waals surface area contributed by atoms with Gasteiger partial charge in [0.05, 0.1) is 6.61 Å². The lowest BCUT2D eigenvalue weighted by molar-refractivity contribution is 0.281. The van der Waals surface area contributed by atoms with Crippen molar-refractivity contribution in [2.24, 2.45) is 0 Å². The van der Waals surface area contributed by atoms with E-state index in [9.17, 15) is 0 Å². The van der Waals surface area contributed by atoms with Crippen molar-refractivity contribution in [1.29, 1.82) is 0 Å². The highest BCUT2D eigenvalue weighted by Gasteiger charge is 2.20. The van der Waals surface area contributed by atoms with Gasteiger partial charge in [-0.25, -0.2) is 0 Å². The SMILES string of the molecule is CC(C)(C)c1nsc(Oc2ccc(CO)cc2)n1. The van der Waals surface area contributed by atoms with Gasteiger partial charge in [0.2, 0.25) is 0 Å². The molecule has 0 unspecified atom stereocenters. The molecule has 18 heavy (non-hydrogen) atoms. The van der Waals surface area contributed by atoms with Crippen molar-refractivity contribution in [2.45, 2.75) is 32.8 Å². The van der Waals surface area contributed by atoms with Crippen LogP contribution in [-0.4, -0.2) is 14.5 Å². The first kappa shape index (κ1) is 13.0. The van der Waals surface area contributed by atoms with Gasteiger partial charge < -0.3 is 9.84 Å². The van der Waals surface area contributed by atoms with Crippen LogP contribution in [-0.2, 0) is 12.0 Å². The van der Waals surface area contributed by atoms with E-state index in [0.717, 1.165) is 11.4 Å². The van der Waals surface area contributed by atoms with Crippen molar-refractivity contribution in [3.63, 3.8) is 0 Å². The molecule has 1 aromatic carbocycles. The van der Waals surface area contributed by atoms with Crippen molar-refractivity contribution >= 4 is 11.5 Å².